The average molecular weight is 403 g/mol. The second-order valence-electron chi connectivity index (χ2n) is 5.71. The van der Waals surface area contributed by atoms with E-state index in [4.69, 9.17) is 0 Å². The van der Waals surface area contributed by atoms with Gasteiger partial charge in [0.2, 0.25) is 15.9 Å². The van der Waals surface area contributed by atoms with Crippen LogP contribution in [0.1, 0.15) is 5.69 Å². The molecule has 27 heavy (non-hydrogen) atoms. The van der Waals surface area contributed by atoms with Crippen LogP contribution in [-0.4, -0.2) is 43.2 Å². The van der Waals surface area contributed by atoms with Crippen molar-refractivity contribution in [2.24, 2.45) is 0 Å². The molecule has 1 aliphatic heterocycles. The third kappa shape index (κ3) is 3.78. The number of anilines is 1. The third-order valence-corrected chi connectivity index (χ3v) is 5.86. The maximum absolute atomic E-state index is 13.8. The summed E-state index contributed by atoms with van der Waals surface area (Å²) in [5, 5.41) is 0. The van der Waals surface area contributed by atoms with E-state index >= 15 is 0 Å². The van der Waals surface area contributed by atoms with Gasteiger partial charge in [0.05, 0.1) is 6.54 Å². The van der Waals surface area contributed by atoms with Gasteiger partial charge in [-0.15, -0.1) is 0 Å². The van der Waals surface area contributed by atoms with E-state index in [9.17, 15) is 30.8 Å². The van der Waals surface area contributed by atoms with Crippen LogP contribution in [0.2, 0.25) is 0 Å². The molecule has 1 aromatic heterocycles. The third-order valence-electron chi connectivity index (χ3n) is 3.99. The minimum Gasteiger partial charge on any atom is -0.310 e. The number of pyridine rings is 1. The minimum absolute atomic E-state index is 0.0368. The number of sulfonamides is 1. The van der Waals surface area contributed by atoms with Crippen LogP contribution in [0.15, 0.2) is 47.5 Å². The van der Waals surface area contributed by atoms with Crippen molar-refractivity contribution in [2.75, 3.05) is 24.5 Å². The first-order chi connectivity index (χ1) is 12.6. The summed E-state index contributed by atoms with van der Waals surface area (Å²) in [7, 11) is -4.24. The molecule has 1 fully saturated rings. The Kier molecular flexibility index (Phi) is 4.91. The number of alkyl halides is 3. The summed E-state index contributed by atoms with van der Waals surface area (Å²) in [6.07, 6.45) is -3.75. The smallest absolute Gasteiger partial charge is 0.310 e. The fraction of sp³-hybridized carbons (Fsp3) is 0.250. The molecule has 11 heteroatoms. The summed E-state index contributed by atoms with van der Waals surface area (Å²) in [6, 6.07) is 6.70. The van der Waals surface area contributed by atoms with Crippen molar-refractivity contribution in [3.8, 4) is 0 Å². The first-order valence-corrected chi connectivity index (χ1v) is 9.13. The zero-order valence-electron chi connectivity index (χ0n) is 13.6. The molecule has 1 saturated heterocycles. The first-order valence-electron chi connectivity index (χ1n) is 7.69. The number of aromatic nitrogens is 1. The van der Waals surface area contributed by atoms with E-state index in [2.05, 4.69) is 4.98 Å². The Morgan fingerprint density at radius 1 is 1.07 bits per heavy atom. The highest BCUT2D eigenvalue weighted by molar-refractivity contribution is 7.89. The normalized spacial score (nSPS) is 16.6. The number of hydrogen-bond donors (Lipinski definition) is 0. The molecule has 0 saturated carbocycles. The van der Waals surface area contributed by atoms with Gasteiger partial charge < -0.3 is 4.90 Å². The second-order valence-corrected chi connectivity index (χ2v) is 7.62. The lowest BCUT2D eigenvalue weighted by molar-refractivity contribution is -0.141. The molecule has 1 aliphatic rings. The number of halogens is 4. The Morgan fingerprint density at radius 3 is 2.41 bits per heavy atom. The van der Waals surface area contributed by atoms with Gasteiger partial charge in [-0.1, -0.05) is 12.1 Å². The number of piperazine rings is 1. The Labute approximate surface area is 152 Å². The summed E-state index contributed by atoms with van der Waals surface area (Å²) in [6.45, 7) is -0.972. The van der Waals surface area contributed by atoms with E-state index in [-0.39, 0.29) is 18.8 Å². The van der Waals surface area contributed by atoms with Crippen LogP contribution in [0.25, 0.3) is 0 Å². The molecule has 0 spiro atoms. The predicted octanol–water partition coefficient (Wildman–Crippen LogP) is 2.28. The molecule has 0 atom stereocenters. The Bertz CT molecular complexity index is 979. The van der Waals surface area contributed by atoms with Crippen LogP contribution in [0.3, 0.4) is 0 Å². The number of carbonyl (C=O) groups excluding carboxylic acids is 1. The maximum Gasteiger partial charge on any atom is 0.433 e. The molecule has 0 radical (unpaired) electrons. The lowest BCUT2D eigenvalue weighted by Gasteiger charge is -2.33. The van der Waals surface area contributed by atoms with Gasteiger partial charge in [0.15, 0.2) is 0 Å². The second kappa shape index (κ2) is 6.89. The van der Waals surface area contributed by atoms with Gasteiger partial charge in [-0.2, -0.15) is 17.5 Å². The van der Waals surface area contributed by atoms with E-state index < -0.39 is 45.1 Å². The van der Waals surface area contributed by atoms with Crippen molar-refractivity contribution in [3.63, 3.8) is 0 Å². The van der Waals surface area contributed by atoms with Crippen LogP contribution < -0.4 is 4.90 Å². The molecular weight excluding hydrogens is 390 g/mol. The van der Waals surface area contributed by atoms with E-state index in [1.807, 2.05) is 0 Å². The van der Waals surface area contributed by atoms with Crippen molar-refractivity contribution in [2.45, 2.75) is 11.1 Å². The number of benzene rings is 1. The van der Waals surface area contributed by atoms with Gasteiger partial charge in [-0.25, -0.2) is 12.8 Å². The summed E-state index contributed by atoms with van der Waals surface area (Å²) >= 11 is 0. The number of nitrogens with zero attached hydrogens (tertiary/aromatic N) is 3. The van der Waals surface area contributed by atoms with Gasteiger partial charge in [0.25, 0.3) is 0 Å². The highest BCUT2D eigenvalue weighted by Crippen LogP contribution is 2.30. The minimum atomic E-state index is -4.67. The first kappa shape index (κ1) is 19.2. The van der Waals surface area contributed by atoms with Gasteiger partial charge >= 0.3 is 6.18 Å². The monoisotopic (exact) mass is 403 g/mol. The molecule has 2 aromatic rings. The molecule has 6 nitrogen and oxygen atoms in total. The van der Waals surface area contributed by atoms with Crippen molar-refractivity contribution < 1.29 is 30.8 Å². The highest BCUT2D eigenvalue weighted by Gasteiger charge is 2.36. The van der Waals surface area contributed by atoms with Gasteiger partial charge in [0, 0.05) is 25.0 Å². The highest BCUT2D eigenvalue weighted by atomic mass is 32.2. The predicted molar refractivity (Wildman–Crippen MR) is 86.8 cm³/mol. The standard InChI is InChI=1S/C16H13F4N3O3S/c17-12-3-1-2-4-13(12)27(25,26)22-7-8-23(15(24)10-22)11-5-6-21-14(9-11)16(18,19)20/h1-6,9H,7-8,10H2. The molecule has 1 aromatic carbocycles. The van der Waals surface area contributed by atoms with Crippen LogP contribution >= 0.6 is 0 Å². The van der Waals surface area contributed by atoms with Crippen LogP contribution in [0.5, 0.6) is 0 Å². The molecule has 2 heterocycles. The quantitative estimate of drug-likeness (QED) is 0.738. The van der Waals surface area contributed by atoms with E-state index in [1.54, 1.807) is 0 Å². The SMILES string of the molecule is O=C1CN(S(=O)(=O)c2ccccc2F)CCN1c1ccnc(C(F)(F)F)c1. The zero-order valence-corrected chi connectivity index (χ0v) is 14.5. The van der Waals surface area contributed by atoms with Crippen molar-refractivity contribution >= 4 is 21.6 Å². The fourth-order valence-electron chi connectivity index (χ4n) is 2.67. The molecular formula is C16H13F4N3O3S. The van der Waals surface area contributed by atoms with Crippen molar-refractivity contribution in [1.29, 1.82) is 0 Å². The van der Waals surface area contributed by atoms with E-state index in [1.165, 1.54) is 18.2 Å². The van der Waals surface area contributed by atoms with E-state index in [0.717, 1.165) is 33.6 Å². The summed E-state index contributed by atoms with van der Waals surface area (Å²) in [5.74, 6) is -1.67. The molecule has 144 valence electrons. The molecule has 1 amide bonds. The average Bonchev–Trinajstić information content (AvgIpc) is 2.61. The van der Waals surface area contributed by atoms with E-state index in [0.29, 0.717) is 0 Å². The summed E-state index contributed by atoms with van der Waals surface area (Å²) in [4.78, 5) is 16.1. The maximum atomic E-state index is 13.8. The molecule has 0 N–H and O–H groups in total. The Morgan fingerprint density at radius 2 is 1.78 bits per heavy atom. The van der Waals surface area contributed by atoms with Crippen LogP contribution in [0.4, 0.5) is 23.2 Å². The number of hydrogen-bond acceptors (Lipinski definition) is 4. The lowest BCUT2D eigenvalue weighted by atomic mass is 10.2. The summed E-state index contributed by atoms with van der Waals surface area (Å²) in [5.41, 5.74) is -1.19. The summed E-state index contributed by atoms with van der Waals surface area (Å²) < 4.78 is 78.1. The number of carbonyl (C=O) groups is 1. The zero-order chi connectivity index (χ0) is 19.8. The van der Waals surface area contributed by atoms with Gasteiger partial charge in [-0.3, -0.25) is 9.78 Å². The van der Waals surface area contributed by atoms with Crippen LogP contribution in [-0.2, 0) is 21.0 Å². The van der Waals surface area contributed by atoms with Gasteiger partial charge in [0.1, 0.15) is 16.4 Å². The largest absolute Gasteiger partial charge is 0.433 e. The molecule has 3 rings (SSSR count). The lowest BCUT2D eigenvalue weighted by Crippen LogP contribution is -2.52. The van der Waals surface area contributed by atoms with Gasteiger partial charge in [-0.05, 0) is 24.3 Å². The fourth-order valence-corrected chi connectivity index (χ4v) is 4.11. The Balaban J connectivity index is 1.83. The van der Waals surface area contributed by atoms with Crippen molar-refractivity contribution in [1.82, 2.24) is 9.29 Å². The molecule has 0 bridgehead atoms. The molecule has 0 unspecified atom stereocenters. The Hall–Kier alpha value is -2.53. The number of amides is 1. The van der Waals surface area contributed by atoms with Crippen LogP contribution in [0, 0.1) is 5.82 Å². The molecule has 0 aliphatic carbocycles. The van der Waals surface area contributed by atoms with Crippen molar-refractivity contribution in [3.05, 3.63) is 54.1 Å². The topological polar surface area (TPSA) is 70.6 Å². The number of rotatable bonds is 3.